The van der Waals surface area contributed by atoms with Crippen LogP contribution in [0.25, 0.3) is 0 Å². The third kappa shape index (κ3) is 4.47. The average molecular weight is 500 g/mol. The van der Waals surface area contributed by atoms with Gasteiger partial charge in [0.1, 0.15) is 5.75 Å². The second kappa shape index (κ2) is 9.85. The number of ether oxygens (including phenoxy) is 2. The van der Waals surface area contributed by atoms with Crippen molar-refractivity contribution < 1.29 is 19.1 Å². The molecule has 2 aromatic carbocycles. The van der Waals surface area contributed by atoms with Gasteiger partial charge in [-0.25, -0.2) is 4.79 Å². The first-order chi connectivity index (χ1) is 16.2. The molecule has 2 unspecified atom stereocenters. The van der Waals surface area contributed by atoms with Crippen LogP contribution in [0.4, 0.5) is 0 Å². The fraction of sp³-hybridized carbons (Fsp3) is 0.333. The molecule has 0 bridgehead atoms. The first-order valence-corrected chi connectivity index (χ1v) is 12.0. The lowest BCUT2D eigenvalue weighted by atomic mass is 9.71. The van der Waals surface area contributed by atoms with Crippen LogP contribution >= 0.6 is 23.2 Å². The Kier molecular flexibility index (Phi) is 7.06. The fourth-order valence-corrected chi connectivity index (χ4v) is 5.38. The van der Waals surface area contributed by atoms with Gasteiger partial charge in [-0.1, -0.05) is 35.3 Å². The molecular weight excluding hydrogens is 473 g/mol. The van der Waals surface area contributed by atoms with E-state index >= 15 is 0 Å². The molecule has 1 aliphatic carbocycles. The highest BCUT2D eigenvalue weighted by Gasteiger charge is 2.42. The van der Waals surface area contributed by atoms with E-state index in [0.717, 1.165) is 22.4 Å². The van der Waals surface area contributed by atoms with E-state index < -0.39 is 11.9 Å². The number of esters is 1. The molecule has 2 atom stereocenters. The molecular formula is C27H27Cl2NO4. The van der Waals surface area contributed by atoms with Gasteiger partial charge in [0.25, 0.3) is 0 Å². The first kappa shape index (κ1) is 24.4. The molecule has 7 heteroatoms. The maximum atomic E-state index is 13.7. The van der Waals surface area contributed by atoms with E-state index in [4.69, 9.17) is 32.7 Å². The molecule has 2 aliphatic rings. The highest BCUT2D eigenvalue weighted by molar-refractivity contribution is 6.32. The number of dihydropyridines is 1. The van der Waals surface area contributed by atoms with Gasteiger partial charge in [0.2, 0.25) is 0 Å². The van der Waals surface area contributed by atoms with Crippen LogP contribution in [-0.2, 0) is 14.3 Å². The number of allylic oxidation sites excluding steroid dienone is 3. The minimum absolute atomic E-state index is 0.00122. The maximum absolute atomic E-state index is 13.7. The minimum atomic E-state index is -0.513. The van der Waals surface area contributed by atoms with Crippen molar-refractivity contribution in [1.82, 2.24) is 5.32 Å². The molecule has 5 nitrogen and oxygen atoms in total. The van der Waals surface area contributed by atoms with Gasteiger partial charge in [0, 0.05) is 34.3 Å². The summed E-state index contributed by atoms with van der Waals surface area (Å²) in [5.41, 5.74) is 5.39. The Morgan fingerprint density at radius 2 is 1.88 bits per heavy atom. The van der Waals surface area contributed by atoms with Gasteiger partial charge in [0.05, 0.1) is 24.3 Å². The summed E-state index contributed by atoms with van der Waals surface area (Å²) in [6.45, 7) is 5.82. The number of methoxy groups -OCH3 is 1. The van der Waals surface area contributed by atoms with Crippen LogP contribution in [0.15, 0.2) is 58.9 Å². The number of hydrogen-bond donors (Lipinski definition) is 1. The summed E-state index contributed by atoms with van der Waals surface area (Å²) in [5, 5.41) is 4.50. The smallest absolute Gasteiger partial charge is 0.336 e. The SMILES string of the molecule is CCOC(=O)C1=C(C)NC2=C(C(=O)CC(c3ccc(Cl)c(OC)c3)C2)C1c1ccc(Cl)cc1C. The molecule has 0 aromatic heterocycles. The normalized spacial score (nSPS) is 20.1. The van der Waals surface area contributed by atoms with Gasteiger partial charge < -0.3 is 14.8 Å². The number of ketones is 1. The predicted molar refractivity (Wildman–Crippen MR) is 133 cm³/mol. The molecule has 1 N–H and O–H groups in total. The van der Waals surface area contributed by atoms with Crippen molar-refractivity contribution >= 4 is 35.0 Å². The van der Waals surface area contributed by atoms with E-state index in [1.165, 1.54) is 0 Å². The van der Waals surface area contributed by atoms with Gasteiger partial charge in [-0.2, -0.15) is 0 Å². The third-order valence-electron chi connectivity index (χ3n) is 6.51. The van der Waals surface area contributed by atoms with Crippen molar-refractivity contribution in [2.75, 3.05) is 13.7 Å². The quantitative estimate of drug-likeness (QED) is 0.493. The summed E-state index contributed by atoms with van der Waals surface area (Å²) in [6.07, 6.45) is 0.950. The van der Waals surface area contributed by atoms with Gasteiger partial charge in [-0.05, 0) is 74.1 Å². The number of benzene rings is 2. The highest BCUT2D eigenvalue weighted by Crippen LogP contribution is 2.47. The molecule has 34 heavy (non-hydrogen) atoms. The Morgan fingerprint density at radius 1 is 1.12 bits per heavy atom. The van der Waals surface area contributed by atoms with Crippen molar-refractivity contribution in [2.45, 2.75) is 45.4 Å². The summed E-state index contributed by atoms with van der Waals surface area (Å²) in [7, 11) is 1.57. The first-order valence-electron chi connectivity index (χ1n) is 11.3. The summed E-state index contributed by atoms with van der Waals surface area (Å²) >= 11 is 12.4. The largest absolute Gasteiger partial charge is 0.495 e. The number of nitrogens with one attached hydrogen (secondary N) is 1. The van der Waals surface area contributed by atoms with Crippen LogP contribution < -0.4 is 10.1 Å². The molecule has 178 valence electrons. The number of rotatable bonds is 5. The standard InChI is InChI=1S/C27H27Cl2NO4/c1-5-34-27(32)24-15(3)30-21-11-17(16-6-9-20(29)23(13-16)33-4)12-22(31)26(21)25(24)19-8-7-18(28)10-14(19)2/h6-10,13,17,25,30H,5,11-12H2,1-4H3. The second-order valence-electron chi connectivity index (χ2n) is 8.63. The maximum Gasteiger partial charge on any atom is 0.336 e. The highest BCUT2D eigenvalue weighted by atomic mass is 35.5. The second-order valence-corrected chi connectivity index (χ2v) is 9.48. The van der Waals surface area contributed by atoms with Crippen LogP contribution in [0.5, 0.6) is 5.75 Å². The molecule has 4 rings (SSSR count). The zero-order valence-corrected chi connectivity index (χ0v) is 21.1. The lowest BCUT2D eigenvalue weighted by molar-refractivity contribution is -0.138. The third-order valence-corrected chi connectivity index (χ3v) is 7.06. The van der Waals surface area contributed by atoms with E-state index in [1.807, 2.05) is 38.1 Å². The Bertz CT molecular complexity index is 1230. The van der Waals surface area contributed by atoms with E-state index in [1.54, 1.807) is 26.2 Å². The lowest BCUT2D eigenvalue weighted by Gasteiger charge is -2.37. The van der Waals surface area contributed by atoms with Crippen molar-refractivity contribution in [1.29, 1.82) is 0 Å². The van der Waals surface area contributed by atoms with Gasteiger partial charge in [0.15, 0.2) is 5.78 Å². The molecule has 2 aromatic rings. The number of hydrogen-bond acceptors (Lipinski definition) is 5. The number of halogens is 2. The molecule has 0 saturated heterocycles. The van der Waals surface area contributed by atoms with Crippen molar-refractivity contribution in [3.63, 3.8) is 0 Å². The van der Waals surface area contributed by atoms with Crippen LogP contribution in [0.1, 0.15) is 55.2 Å². The van der Waals surface area contributed by atoms with Crippen LogP contribution in [0.3, 0.4) is 0 Å². The zero-order chi connectivity index (χ0) is 24.6. The van der Waals surface area contributed by atoms with Crippen LogP contribution in [0.2, 0.25) is 10.0 Å². The lowest BCUT2D eigenvalue weighted by Crippen LogP contribution is -2.36. The van der Waals surface area contributed by atoms with Gasteiger partial charge in [-0.3, -0.25) is 4.79 Å². The summed E-state index contributed by atoms with van der Waals surface area (Å²) < 4.78 is 10.8. The van der Waals surface area contributed by atoms with Crippen LogP contribution in [0, 0.1) is 6.92 Å². The summed E-state index contributed by atoms with van der Waals surface area (Å²) in [6, 6.07) is 11.2. The average Bonchev–Trinajstić information content (AvgIpc) is 2.78. The Morgan fingerprint density at radius 3 is 2.56 bits per heavy atom. The monoisotopic (exact) mass is 499 g/mol. The predicted octanol–water partition coefficient (Wildman–Crippen LogP) is 6.24. The molecule has 0 amide bonds. The number of Topliss-reactive ketones (excluding diaryl/α,β-unsaturated/α-hetero) is 1. The molecule has 0 spiro atoms. The Labute approximate surface area is 209 Å². The minimum Gasteiger partial charge on any atom is -0.495 e. The number of carbonyl (C=O) groups excluding carboxylic acids is 2. The van der Waals surface area contributed by atoms with Crippen molar-refractivity contribution in [3.05, 3.63) is 85.7 Å². The van der Waals surface area contributed by atoms with E-state index in [2.05, 4.69) is 5.32 Å². The topological polar surface area (TPSA) is 64.6 Å². The van der Waals surface area contributed by atoms with E-state index in [-0.39, 0.29) is 18.3 Å². The van der Waals surface area contributed by atoms with Gasteiger partial charge in [-0.15, -0.1) is 0 Å². The van der Waals surface area contributed by atoms with Crippen molar-refractivity contribution in [2.24, 2.45) is 0 Å². The van der Waals surface area contributed by atoms with E-state index in [9.17, 15) is 9.59 Å². The van der Waals surface area contributed by atoms with E-state index in [0.29, 0.717) is 45.5 Å². The number of aryl methyl sites for hydroxylation is 1. The molecule has 0 saturated carbocycles. The molecule has 0 fully saturated rings. The van der Waals surface area contributed by atoms with Crippen molar-refractivity contribution in [3.8, 4) is 5.75 Å². The van der Waals surface area contributed by atoms with Crippen LogP contribution in [-0.4, -0.2) is 25.5 Å². The molecule has 1 aliphatic heterocycles. The Hall–Kier alpha value is -2.76. The summed E-state index contributed by atoms with van der Waals surface area (Å²) in [5.74, 6) is -0.384. The summed E-state index contributed by atoms with van der Waals surface area (Å²) in [4.78, 5) is 26.7. The molecule has 1 heterocycles. The number of carbonyl (C=O) groups is 2. The Balaban J connectivity index is 1.81. The zero-order valence-electron chi connectivity index (χ0n) is 19.6. The fourth-order valence-electron chi connectivity index (χ4n) is 4.96. The molecule has 0 radical (unpaired) electrons. The van der Waals surface area contributed by atoms with Gasteiger partial charge >= 0.3 is 5.97 Å².